The Balaban J connectivity index is 1.67. The summed E-state index contributed by atoms with van der Waals surface area (Å²) in [5, 5.41) is 3.54. The van der Waals surface area contributed by atoms with E-state index in [2.05, 4.69) is 35.6 Å². The van der Waals surface area contributed by atoms with Crippen molar-refractivity contribution in [1.29, 1.82) is 0 Å². The summed E-state index contributed by atoms with van der Waals surface area (Å²) >= 11 is 1.99. The van der Waals surface area contributed by atoms with Gasteiger partial charge in [0.25, 0.3) is 0 Å². The van der Waals surface area contributed by atoms with Crippen LogP contribution in [0.2, 0.25) is 0 Å². The number of thioether (sulfide) groups is 1. The molecule has 106 valence electrons. The molecule has 0 unspecified atom stereocenters. The SMILES string of the molecule is COCCNCC1(CCSc2ccccc2)CCC1. The minimum atomic E-state index is 0.565. The highest BCUT2D eigenvalue weighted by atomic mass is 32.2. The van der Waals surface area contributed by atoms with E-state index in [0.717, 1.165) is 19.7 Å². The highest BCUT2D eigenvalue weighted by molar-refractivity contribution is 7.99. The Morgan fingerprint density at radius 2 is 2.05 bits per heavy atom. The number of hydrogen-bond acceptors (Lipinski definition) is 3. The molecule has 0 heterocycles. The molecule has 0 bridgehead atoms. The molecule has 3 heteroatoms. The second-order valence-electron chi connectivity index (χ2n) is 5.43. The van der Waals surface area contributed by atoms with E-state index in [4.69, 9.17) is 4.74 Å². The summed E-state index contributed by atoms with van der Waals surface area (Å²) in [6.07, 6.45) is 5.51. The number of methoxy groups -OCH3 is 1. The molecule has 1 aliphatic rings. The first-order valence-electron chi connectivity index (χ1n) is 7.22. The maximum absolute atomic E-state index is 5.08. The summed E-state index contributed by atoms with van der Waals surface area (Å²) in [6, 6.07) is 10.7. The zero-order valence-electron chi connectivity index (χ0n) is 11.9. The third kappa shape index (κ3) is 4.83. The third-order valence-corrected chi connectivity index (χ3v) is 5.06. The normalized spacial score (nSPS) is 17.1. The number of nitrogens with one attached hydrogen (secondary N) is 1. The van der Waals surface area contributed by atoms with Crippen LogP contribution in [0.4, 0.5) is 0 Å². The van der Waals surface area contributed by atoms with Gasteiger partial charge >= 0.3 is 0 Å². The average molecular weight is 279 g/mol. The van der Waals surface area contributed by atoms with Crippen molar-refractivity contribution in [2.75, 3.05) is 32.6 Å². The van der Waals surface area contributed by atoms with E-state index in [0.29, 0.717) is 5.41 Å². The molecule has 1 aromatic rings. The van der Waals surface area contributed by atoms with Gasteiger partial charge in [-0.1, -0.05) is 24.6 Å². The van der Waals surface area contributed by atoms with E-state index < -0.39 is 0 Å². The predicted molar refractivity (Wildman–Crippen MR) is 82.8 cm³/mol. The van der Waals surface area contributed by atoms with Crippen molar-refractivity contribution in [3.05, 3.63) is 30.3 Å². The molecule has 19 heavy (non-hydrogen) atoms. The fraction of sp³-hybridized carbons (Fsp3) is 0.625. The van der Waals surface area contributed by atoms with Gasteiger partial charge in [0, 0.05) is 25.1 Å². The molecule has 1 aromatic carbocycles. The van der Waals surface area contributed by atoms with E-state index >= 15 is 0 Å². The zero-order valence-corrected chi connectivity index (χ0v) is 12.7. The lowest BCUT2D eigenvalue weighted by atomic mass is 9.67. The first kappa shape index (κ1) is 14.9. The summed E-state index contributed by atoms with van der Waals surface area (Å²) in [4.78, 5) is 1.39. The van der Waals surface area contributed by atoms with Crippen molar-refractivity contribution in [1.82, 2.24) is 5.32 Å². The Kier molecular flexibility index (Phi) is 6.21. The standard InChI is InChI=1S/C16H25NOS/c1-18-12-11-17-14-16(8-5-9-16)10-13-19-15-6-3-2-4-7-15/h2-4,6-7,17H,5,8-14H2,1H3. The van der Waals surface area contributed by atoms with Crippen molar-refractivity contribution in [3.8, 4) is 0 Å². The quantitative estimate of drug-likeness (QED) is 0.551. The lowest BCUT2D eigenvalue weighted by molar-refractivity contribution is 0.119. The average Bonchev–Trinajstić information content (AvgIpc) is 2.41. The van der Waals surface area contributed by atoms with Crippen molar-refractivity contribution in [3.63, 3.8) is 0 Å². The molecule has 1 aliphatic carbocycles. The molecule has 1 saturated carbocycles. The maximum atomic E-state index is 5.08. The number of hydrogen-bond donors (Lipinski definition) is 1. The van der Waals surface area contributed by atoms with Gasteiger partial charge in [-0.15, -0.1) is 11.8 Å². The molecular formula is C16H25NOS. The molecule has 0 saturated heterocycles. The van der Waals surface area contributed by atoms with Crippen LogP contribution in [0, 0.1) is 5.41 Å². The van der Waals surface area contributed by atoms with E-state index in [1.807, 2.05) is 11.8 Å². The smallest absolute Gasteiger partial charge is 0.0587 e. The third-order valence-electron chi connectivity index (χ3n) is 4.04. The highest BCUT2D eigenvalue weighted by Gasteiger charge is 2.35. The van der Waals surface area contributed by atoms with Crippen LogP contribution in [0.5, 0.6) is 0 Å². The molecule has 1 fully saturated rings. The fourth-order valence-corrected chi connectivity index (χ4v) is 3.74. The Labute approximate surface area is 121 Å². The minimum absolute atomic E-state index is 0.565. The van der Waals surface area contributed by atoms with E-state index in [9.17, 15) is 0 Å². The molecule has 0 amide bonds. The Hall–Kier alpha value is -0.510. The van der Waals surface area contributed by atoms with E-state index in [1.54, 1.807) is 7.11 Å². The van der Waals surface area contributed by atoms with Crippen molar-refractivity contribution in [2.45, 2.75) is 30.6 Å². The van der Waals surface area contributed by atoms with Gasteiger partial charge in [-0.2, -0.15) is 0 Å². The Morgan fingerprint density at radius 3 is 2.68 bits per heavy atom. The van der Waals surface area contributed by atoms with Gasteiger partial charge in [-0.25, -0.2) is 0 Å². The predicted octanol–water partition coefficient (Wildman–Crippen LogP) is 3.58. The van der Waals surface area contributed by atoms with Crippen LogP contribution in [0.1, 0.15) is 25.7 Å². The largest absolute Gasteiger partial charge is 0.383 e. The van der Waals surface area contributed by atoms with Gasteiger partial charge in [0.05, 0.1) is 6.61 Å². The Bertz CT molecular complexity index is 351. The van der Waals surface area contributed by atoms with Crippen LogP contribution in [0.25, 0.3) is 0 Å². The molecule has 0 spiro atoms. The van der Waals surface area contributed by atoms with Gasteiger partial charge in [-0.05, 0) is 42.6 Å². The fourth-order valence-electron chi connectivity index (χ4n) is 2.62. The minimum Gasteiger partial charge on any atom is -0.383 e. The van der Waals surface area contributed by atoms with E-state index in [-0.39, 0.29) is 0 Å². The number of ether oxygens (including phenoxy) is 1. The van der Waals surface area contributed by atoms with Gasteiger partial charge < -0.3 is 10.1 Å². The van der Waals surface area contributed by atoms with Crippen LogP contribution >= 0.6 is 11.8 Å². The van der Waals surface area contributed by atoms with Gasteiger partial charge in [0.1, 0.15) is 0 Å². The summed E-state index contributed by atoms with van der Waals surface area (Å²) < 4.78 is 5.08. The molecule has 0 atom stereocenters. The lowest BCUT2D eigenvalue weighted by Crippen LogP contribution is -2.41. The van der Waals surface area contributed by atoms with Crippen molar-refractivity contribution < 1.29 is 4.74 Å². The molecule has 0 aromatic heterocycles. The summed E-state index contributed by atoms with van der Waals surface area (Å²) in [7, 11) is 1.76. The second kappa shape index (κ2) is 7.93. The number of benzene rings is 1. The van der Waals surface area contributed by atoms with Gasteiger partial charge in [0.15, 0.2) is 0 Å². The monoisotopic (exact) mass is 279 g/mol. The molecule has 0 aliphatic heterocycles. The van der Waals surface area contributed by atoms with Crippen molar-refractivity contribution in [2.24, 2.45) is 5.41 Å². The first-order chi connectivity index (χ1) is 9.35. The van der Waals surface area contributed by atoms with Crippen LogP contribution in [-0.4, -0.2) is 32.6 Å². The van der Waals surface area contributed by atoms with Crippen LogP contribution in [-0.2, 0) is 4.74 Å². The molecular weight excluding hydrogens is 254 g/mol. The summed E-state index contributed by atoms with van der Waals surface area (Å²) in [5.41, 5.74) is 0.565. The number of rotatable bonds is 9. The van der Waals surface area contributed by atoms with Gasteiger partial charge in [-0.3, -0.25) is 0 Å². The van der Waals surface area contributed by atoms with Crippen LogP contribution in [0.3, 0.4) is 0 Å². The van der Waals surface area contributed by atoms with E-state index in [1.165, 1.54) is 36.3 Å². The topological polar surface area (TPSA) is 21.3 Å². The maximum Gasteiger partial charge on any atom is 0.0587 e. The Morgan fingerprint density at radius 1 is 1.26 bits per heavy atom. The molecule has 2 rings (SSSR count). The lowest BCUT2D eigenvalue weighted by Gasteiger charge is -2.42. The first-order valence-corrected chi connectivity index (χ1v) is 8.21. The zero-order chi connectivity index (χ0) is 13.4. The second-order valence-corrected chi connectivity index (χ2v) is 6.60. The van der Waals surface area contributed by atoms with Crippen molar-refractivity contribution >= 4 is 11.8 Å². The molecule has 2 nitrogen and oxygen atoms in total. The van der Waals surface area contributed by atoms with Crippen LogP contribution < -0.4 is 5.32 Å². The molecule has 0 radical (unpaired) electrons. The summed E-state index contributed by atoms with van der Waals surface area (Å²) in [6.45, 7) is 2.95. The van der Waals surface area contributed by atoms with Crippen LogP contribution in [0.15, 0.2) is 35.2 Å². The van der Waals surface area contributed by atoms with Gasteiger partial charge in [0.2, 0.25) is 0 Å². The molecule has 1 N–H and O–H groups in total. The summed E-state index contributed by atoms with van der Waals surface area (Å²) in [5.74, 6) is 1.23. The highest BCUT2D eigenvalue weighted by Crippen LogP contribution is 2.44.